The van der Waals surface area contributed by atoms with Crippen LogP contribution in [0.15, 0.2) is 59.5 Å². The summed E-state index contributed by atoms with van der Waals surface area (Å²) in [6, 6.07) is 11.1. The summed E-state index contributed by atoms with van der Waals surface area (Å²) < 4.78 is 22.3. The van der Waals surface area contributed by atoms with Crippen LogP contribution in [0, 0.1) is 10.1 Å². The number of non-ortho nitro benzene ring substituents is 1. The van der Waals surface area contributed by atoms with Crippen LogP contribution >= 0.6 is 0 Å². The summed E-state index contributed by atoms with van der Waals surface area (Å²) >= 11 is 0. The molecular formula is C15H13N3O5S. The molecule has 0 aromatic heterocycles. The van der Waals surface area contributed by atoms with E-state index in [4.69, 9.17) is 5.14 Å². The quantitative estimate of drug-likeness (QED) is 0.484. The van der Waals surface area contributed by atoms with Crippen molar-refractivity contribution in [3.8, 4) is 0 Å². The van der Waals surface area contributed by atoms with E-state index < -0.39 is 20.9 Å². The molecule has 124 valence electrons. The maximum Gasteiger partial charge on any atom is 0.269 e. The van der Waals surface area contributed by atoms with Gasteiger partial charge in [-0.25, -0.2) is 13.6 Å². The smallest absolute Gasteiger partial charge is 0.269 e. The number of primary sulfonamides is 1. The van der Waals surface area contributed by atoms with Crippen LogP contribution in [0.4, 0.5) is 11.4 Å². The van der Waals surface area contributed by atoms with E-state index in [2.05, 4.69) is 5.32 Å². The molecule has 2 aromatic carbocycles. The number of hydrogen-bond donors (Lipinski definition) is 2. The zero-order chi connectivity index (χ0) is 17.7. The Hall–Kier alpha value is -3.04. The maximum absolute atomic E-state index is 11.8. The fraction of sp³-hybridized carbons (Fsp3) is 0. The van der Waals surface area contributed by atoms with Crippen molar-refractivity contribution in [1.29, 1.82) is 0 Å². The van der Waals surface area contributed by atoms with Gasteiger partial charge in [-0.2, -0.15) is 0 Å². The van der Waals surface area contributed by atoms with Gasteiger partial charge < -0.3 is 5.32 Å². The van der Waals surface area contributed by atoms with Gasteiger partial charge in [-0.3, -0.25) is 14.9 Å². The summed E-state index contributed by atoms with van der Waals surface area (Å²) in [7, 11) is -3.78. The SMILES string of the molecule is NS(=O)(=O)c1ccc(NC(=O)/C=C/c2ccc([N+](=O)[O-])cc2)cc1. The molecule has 0 aliphatic heterocycles. The van der Waals surface area contributed by atoms with Crippen molar-refractivity contribution < 1.29 is 18.1 Å². The molecule has 0 aliphatic rings. The van der Waals surface area contributed by atoms with Crippen molar-refractivity contribution in [1.82, 2.24) is 0 Å². The van der Waals surface area contributed by atoms with E-state index in [1.165, 1.54) is 60.7 Å². The van der Waals surface area contributed by atoms with Gasteiger partial charge in [0.25, 0.3) is 5.69 Å². The van der Waals surface area contributed by atoms with Gasteiger partial charge in [0.05, 0.1) is 9.82 Å². The Morgan fingerprint density at radius 3 is 2.17 bits per heavy atom. The molecule has 0 heterocycles. The number of carbonyl (C=O) groups excluding carboxylic acids is 1. The van der Waals surface area contributed by atoms with Crippen LogP contribution in [0.5, 0.6) is 0 Å². The summed E-state index contributed by atoms with van der Waals surface area (Å²) in [4.78, 5) is 21.8. The molecule has 0 saturated carbocycles. The number of benzene rings is 2. The van der Waals surface area contributed by atoms with E-state index in [0.717, 1.165) is 0 Å². The Kier molecular flexibility index (Phi) is 5.07. The van der Waals surface area contributed by atoms with E-state index in [1.54, 1.807) is 0 Å². The van der Waals surface area contributed by atoms with Gasteiger partial charge in [0.1, 0.15) is 0 Å². The first-order valence-electron chi connectivity index (χ1n) is 6.62. The fourth-order valence-electron chi connectivity index (χ4n) is 1.79. The highest BCUT2D eigenvalue weighted by atomic mass is 32.2. The van der Waals surface area contributed by atoms with Crippen molar-refractivity contribution in [2.24, 2.45) is 5.14 Å². The Bertz CT molecular complexity index is 888. The van der Waals surface area contributed by atoms with Gasteiger partial charge in [-0.05, 0) is 48.0 Å². The average Bonchev–Trinajstić information content (AvgIpc) is 2.53. The summed E-state index contributed by atoms with van der Waals surface area (Å²) in [5.74, 6) is -0.434. The first-order valence-corrected chi connectivity index (χ1v) is 8.17. The molecule has 0 bridgehead atoms. The number of rotatable bonds is 5. The minimum absolute atomic E-state index is 0.0356. The van der Waals surface area contributed by atoms with Crippen molar-refractivity contribution >= 4 is 33.4 Å². The van der Waals surface area contributed by atoms with Crippen molar-refractivity contribution in [2.45, 2.75) is 4.90 Å². The molecule has 8 nitrogen and oxygen atoms in total. The zero-order valence-corrected chi connectivity index (χ0v) is 13.1. The van der Waals surface area contributed by atoms with Crippen LogP contribution in [0.1, 0.15) is 5.56 Å². The first-order chi connectivity index (χ1) is 11.3. The normalized spacial score (nSPS) is 11.4. The highest BCUT2D eigenvalue weighted by Crippen LogP contribution is 2.14. The second-order valence-electron chi connectivity index (χ2n) is 4.74. The number of nitrogens with two attached hydrogens (primary N) is 1. The third-order valence-electron chi connectivity index (χ3n) is 2.98. The molecule has 3 N–H and O–H groups in total. The molecular weight excluding hydrogens is 334 g/mol. The third kappa shape index (κ3) is 4.73. The summed E-state index contributed by atoms with van der Waals surface area (Å²) in [6.45, 7) is 0. The van der Waals surface area contributed by atoms with Crippen LogP contribution in [0.2, 0.25) is 0 Å². The predicted molar refractivity (Wildman–Crippen MR) is 88.6 cm³/mol. The molecule has 1 amide bonds. The second-order valence-corrected chi connectivity index (χ2v) is 6.30. The van der Waals surface area contributed by atoms with E-state index in [1.807, 2.05) is 0 Å². The maximum atomic E-state index is 11.8. The Morgan fingerprint density at radius 1 is 1.08 bits per heavy atom. The number of sulfonamides is 1. The predicted octanol–water partition coefficient (Wildman–Crippen LogP) is 1.89. The monoisotopic (exact) mass is 347 g/mol. The van der Waals surface area contributed by atoms with Crippen molar-refractivity contribution in [3.63, 3.8) is 0 Å². The van der Waals surface area contributed by atoms with Gasteiger partial charge in [0.15, 0.2) is 0 Å². The molecule has 0 atom stereocenters. The average molecular weight is 347 g/mol. The van der Waals surface area contributed by atoms with Crippen molar-refractivity contribution in [3.05, 3.63) is 70.3 Å². The van der Waals surface area contributed by atoms with Gasteiger partial charge in [-0.15, -0.1) is 0 Å². The lowest BCUT2D eigenvalue weighted by Gasteiger charge is -2.03. The molecule has 0 spiro atoms. The standard InChI is InChI=1S/C15H13N3O5S/c16-24(22,23)14-8-4-12(5-9-14)17-15(19)10-3-11-1-6-13(7-2-11)18(20)21/h1-10H,(H,17,19)(H2,16,22,23)/b10-3+. The van der Waals surface area contributed by atoms with Gasteiger partial charge in [0.2, 0.25) is 15.9 Å². The Balaban J connectivity index is 2.01. The van der Waals surface area contributed by atoms with Crippen LogP contribution in [-0.2, 0) is 14.8 Å². The molecule has 0 radical (unpaired) electrons. The molecule has 0 aliphatic carbocycles. The van der Waals surface area contributed by atoms with Crippen LogP contribution in [0.25, 0.3) is 6.08 Å². The molecule has 2 rings (SSSR count). The van der Waals surface area contributed by atoms with E-state index >= 15 is 0 Å². The minimum atomic E-state index is -3.78. The lowest BCUT2D eigenvalue weighted by atomic mass is 10.2. The molecule has 0 fully saturated rings. The number of amides is 1. The van der Waals surface area contributed by atoms with Crippen molar-refractivity contribution in [2.75, 3.05) is 5.32 Å². The van der Waals surface area contributed by atoms with Crippen LogP contribution in [0.3, 0.4) is 0 Å². The number of carbonyl (C=O) groups is 1. The lowest BCUT2D eigenvalue weighted by Crippen LogP contribution is -2.12. The van der Waals surface area contributed by atoms with Gasteiger partial charge in [0, 0.05) is 23.9 Å². The minimum Gasteiger partial charge on any atom is -0.323 e. The number of nitro groups is 1. The molecule has 0 unspecified atom stereocenters. The highest BCUT2D eigenvalue weighted by Gasteiger charge is 2.07. The summed E-state index contributed by atoms with van der Waals surface area (Å²) in [6.07, 6.45) is 2.76. The molecule has 24 heavy (non-hydrogen) atoms. The Morgan fingerprint density at radius 2 is 1.67 bits per heavy atom. The second kappa shape index (κ2) is 7.02. The number of anilines is 1. The largest absolute Gasteiger partial charge is 0.323 e. The Labute approximate surface area is 137 Å². The zero-order valence-electron chi connectivity index (χ0n) is 12.2. The third-order valence-corrected chi connectivity index (χ3v) is 3.91. The van der Waals surface area contributed by atoms with Gasteiger partial charge >= 0.3 is 0 Å². The fourth-order valence-corrected chi connectivity index (χ4v) is 2.31. The number of nitrogens with one attached hydrogen (secondary N) is 1. The van der Waals surface area contributed by atoms with E-state index in [-0.39, 0.29) is 10.6 Å². The summed E-state index contributed by atoms with van der Waals surface area (Å²) in [5, 5.41) is 18.1. The van der Waals surface area contributed by atoms with Crippen LogP contribution < -0.4 is 10.5 Å². The molecule has 9 heteroatoms. The topological polar surface area (TPSA) is 132 Å². The van der Waals surface area contributed by atoms with Gasteiger partial charge in [-0.1, -0.05) is 0 Å². The molecule has 2 aromatic rings. The van der Waals surface area contributed by atoms with E-state index in [9.17, 15) is 23.3 Å². The number of nitro benzene ring substituents is 1. The summed E-state index contributed by atoms with van der Waals surface area (Å²) in [5.41, 5.74) is 0.993. The number of nitrogens with zero attached hydrogens (tertiary/aromatic N) is 1. The van der Waals surface area contributed by atoms with Crippen LogP contribution in [-0.4, -0.2) is 19.2 Å². The van der Waals surface area contributed by atoms with E-state index in [0.29, 0.717) is 11.3 Å². The first kappa shape index (κ1) is 17.3. The lowest BCUT2D eigenvalue weighted by molar-refractivity contribution is -0.384. The number of hydrogen-bond acceptors (Lipinski definition) is 5. The molecule has 0 saturated heterocycles. The highest BCUT2D eigenvalue weighted by molar-refractivity contribution is 7.89.